The first-order valence-electron chi connectivity index (χ1n) is 6.73. The number of fused-ring (bicyclic) bond motifs is 1. The summed E-state index contributed by atoms with van der Waals surface area (Å²) in [5, 5.41) is 2.78. The molecule has 6 nitrogen and oxygen atoms in total. The second-order valence-corrected chi connectivity index (χ2v) is 7.07. The summed E-state index contributed by atoms with van der Waals surface area (Å²) in [5.74, 6) is 1.37. The van der Waals surface area contributed by atoms with Crippen LogP contribution in [0.3, 0.4) is 0 Å². The van der Waals surface area contributed by atoms with E-state index in [-0.39, 0.29) is 18.6 Å². The lowest BCUT2D eigenvalue weighted by molar-refractivity contribution is 0.174. The second kappa shape index (κ2) is 5.59. The summed E-state index contributed by atoms with van der Waals surface area (Å²) in [5.41, 5.74) is 0.863. The van der Waals surface area contributed by atoms with Crippen LogP contribution < -0.4 is 19.5 Å². The molecule has 2 aliphatic heterocycles. The van der Waals surface area contributed by atoms with E-state index in [4.69, 9.17) is 9.47 Å². The molecule has 20 heavy (non-hydrogen) atoms. The van der Waals surface area contributed by atoms with Gasteiger partial charge in [-0.1, -0.05) is 6.07 Å². The van der Waals surface area contributed by atoms with Crippen molar-refractivity contribution in [2.75, 3.05) is 19.9 Å². The molecular weight excluding hydrogens is 280 g/mol. The average molecular weight is 298 g/mol. The lowest BCUT2D eigenvalue weighted by Gasteiger charge is -2.23. The summed E-state index contributed by atoms with van der Waals surface area (Å²) in [6.07, 6.45) is 1.61. The summed E-state index contributed by atoms with van der Waals surface area (Å²) >= 11 is 0. The maximum Gasteiger partial charge on any atom is 0.231 e. The van der Waals surface area contributed by atoms with Crippen LogP contribution in [0.4, 0.5) is 0 Å². The van der Waals surface area contributed by atoms with E-state index < -0.39 is 10.0 Å². The van der Waals surface area contributed by atoms with Crippen LogP contribution in [0.1, 0.15) is 18.4 Å². The topological polar surface area (TPSA) is 76.7 Å². The number of piperidine rings is 1. The van der Waals surface area contributed by atoms with E-state index in [9.17, 15) is 8.42 Å². The van der Waals surface area contributed by atoms with E-state index >= 15 is 0 Å². The molecule has 0 saturated carbocycles. The van der Waals surface area contributed by atoms with E-state index in [1.807, 2.05) is 12.1 Å². The zero-order chi connectivity index (χ0) is 14.0. The van der Waals surface area contributed by atoms with Gasteiger partial charge in [0.05, 0.1) is 5.25 Å². The second-order valence-electron chi connectivity index (χ2n) is 5.02. The lowest BCUT2D eigenvalue weighted by atomic mass is 10.2. The Hall–Kier alpha value is -1.31. The molecule has 2 N–H and O–H groups in total. The van der Waals surface area contributed by atoms with E-state index in [2.05, 4.69) is 10.0 Å². The smallest absolute Gasteiger partial charge is 0.231 e. The fourth-order valence-electron chi connectivity index (χ4n) is 2.44. The molecule has 1 saturated heterocycles. The van der Waals surface area contributed by atoms with Crippen LogP contribution in [0.15, 0.2) is 18.2 Å². The van der Waals surface area contributed by atoms with Gasteiger partial charge in [0.25, 0.3) is 0 Å². The van der Waals surface area contributed by atoms with Crippen LogP contribution >= 0.6 is 0 Å². The zero-order valence-corrected chi connectivity index (χ0v) is 11.9. The third-order valence-electron chi connectivity index (χ3n) is 3.60. The van der Waals surface area contributed by atoms with E-state index in [0.717, 1.165) is 18.5 Å². The summed E-state index contributed by atoms with van der Waals surface area (Å²) in [6, 6.07) is 5.45. The fourth-order valence-corrected chi connectivity index (χ4v) is 3.86. The highest BCUT2D eigenvalue weighted by Gasteiger charge is 2.26. The summed E-state index contributed by atoms with van der Waals surface area (Å²) in [6.45, 7) is 1.92. The lowest BCUT2D eigenvalue weighted by Crippen LogP contribution is -2.44. The van der Waals surface area contributed by atoms with Crippen molar-refractivity contribution < 1.29 is 17.9 Å². The predicted molar refractivity (Wildman–Crippen MR) is 74.2 cm³/mol. The number of hydrogen-bond donors (Lipinski definition) is 2. The quantitative estimate of drug-likeness (QED) is 0.850. The molecule has 1 aromatic carbocycles. The van der Waals surface area contributed by atoms with Gasteiger partial charge in [-0.15, -0.1) is 0 Å². The largest absolute Gasteiger partial charge is 0.454 e. The summed E-state index contributed by atoms with van der Waals surface area (Å²) in [7, 11) is -3.28. The van der Waals surface area contributed by atoms with E-state index in [1.165, 1.54) is 0 Å². The SMILES string of the molecule is O=S(=O)(NCc1ccc2c(c1)OCO2)C1CCCNC1. The molecule has 1 unspecified atom stereocenters. The number of ether oxygens (including phenoxy) is 2. The minimum atomic E-state index is -3.28. The molecule has 1 aromatic rings. The Morgan fingerprint density at radius 2 is 2.15 bits per heavy atom. The minimum absolute atomic E-state index is 0.220. The van der Waals surface area contributed by atoms with Crippen molar-refractivity contribution in [2.24, 2.45) is 0 Å². The van der Waals surface area contributed by atoms with Gasteiger partial charge in [0, 0.05) is 13.1 Å². The first kappa shape index (κ1) is 13.7. The monoisotopic (exact) mass is 298 g/mol. The number of benzene rings is 1. The van der Waals surface area contributed by atoms with Crippen LogP contribution in [-0.4, -0.2) is 33.6 Å². The Morgan fingerprint density at radius 3 is 2.95 bits per heavy atom. The van der Waals surface area contributed by atoms with Crippen molar-refractivity contribution in [3.63, 3.8) is 0 Å². The van der Waals surface area contributed by atoms with Crippen molar-refractivity contribution in [1.82, 2.24) is 10.0 Å². The van der Waals surface area contributed by atoms with Gasteiger partial charge in [0.1, 0.15) is 0 Å². The summed E-state index contributed by atoms with van der Waals surface area (Å²) < 4.78 is 37.5. The van der Waals surface area contributed by atoms with Crippen molar-refractivity contribution in [3.8, 4) is 11.5 Å². The fraction of sp³-hybridized carbons (Fsp3) is 0.538. The van der Waals surface area contributed by atoms with Gasteiger partial charge in [-0.25, -0.2) is 13.1 Å². The third kappa shape index (κ3) is 2.89. The highest BCUT2D eigenvalue weighted by atomic mass is 32.2. The molecule has 0 bridgehead atoms. The van der Waals surface area contributed by atoms with Crippen molar-refractivity contribution in [2.45, 2.75) is 24.6 Å². The number of hydrogen-bond acceptors (Lipinski definition) is 5. The Morgan fingerprint density at radius 1 is 1.30 bits per heavy atom. The Balaban J connectivity index is 1.63. The summed E-state index contributed by atoms with van der Waals surface area (Å²) in [4.78, 5) is 0. The van der Waals surface area contributed by atoms with Crippen molar-refractivity contribution >= 4 is 10.0 Å². The molecule has 2 aliphatic rings. The van der Waals surface area contributed by atoms with Crippen molar-refractivity contribution in [1.29, 1.82) is 0 Å². The highest BCUT2D eigenvalue weighted by Crippen LogP contribution is 2.32. The molecule has 0 spiro atoms. The molecule has 1 atom stereocenters. The van der Waals surface area contributed by atoms with Crippen LogP contribution in [0.2, 0.25) is 0 Å². The molecule has 0 aliphatic carbocycles. The number of sulfonamides is 1. The maximum atomic E-state index is 12.2. The average Bonchev–Trinajstić information content (AvgIpc) is 2.94. The van der Waals surface area contributed by atoms with Gasteiger partial charge in [-0.2, -0.15) is 0 Å². The van der Waals surface area contributed by atoms with E-state index in [0.29, 0.717) is 24.5 Å². The molecule has 0 radical (unpaired) electrons. The Labute approximate surface area is 118 Å². The van der Waals surface area contributed by atoms with Crippen molar-refractivity contribution in [3.05, 3.63) is 23.8 Å². The molecular formula is C13H18N2O4S. The standard InChI is InChI=1S/C13H18N2O4S/c16-20(17,11-2-1-5-14-8-11)15-7-10-3-4-12-13(6-10)19-9-18-12/h3-4,6,11,14-15H,1-2,5,7-9H2. The Kier molecular flexibility index (Phi) is 3.82. The highest BCUT2D eigenvalue weighted by molar-refractivity contribution is 7.90. The molecule has 3 rings (SSSR count). The minimum Gasteiger partial charge on any atom is -0.454 e. The van der Waals surface area contributed by atoms with Gasteiger partial charge in [-0.05, 0) is 37.1 Å². The molecule has 0 aromatic heterocycles. The first-order valence-corrected chi connectivity index (χ1v) is 8.27. The third-order valence-corrected chi connectivity index (χ3v) is 5.43. The molecule has 7 heteroatoms. The molecule has 110 valence electrons. The Bertz CT molecular complexity index is 582. The van der Waals surface area contributed by atoms with Crippen LogP contribution in [0.25, 0.3) is 0 Å². The number of rotatable bonds is 4. The normalized spacial score (nSPS) is 21.9. The van der Waals surface area contributed by atoms with Gasteiger partial charge >= 0.3 is 0 Å². The molecule has 0 amide bonds. The van der Waals surface area contributed by atoms with Gasteiger partial charge in [-0.3, -0.25) is 0 Å². The molecule has 1 fully saturated rings. The first-order chi connectivity index (χ1) is 9.65. The van der Waals surface area contributed by atoms with E-state index in [1.54, 1.807) is 6.07 Å². The van der Waals surface area contributed by atoms with Gasteiger partial charge in [0.2, 0.25) is 16.8 Å². The van der Waals surface area contributed by atoms with Crippen LogP contribution in [-0.2, 0) is 16.6 Å². The van der Waals surface area contributed by atoms with Gasteiger partial charge in [0.15, 0.2) is 11.5 Å². The maximum absolute atomic E-state index is 12.2. The zero-order valence-electron chi connectivity index (χ0n) is 11.1. The van der Waals surface area contributed by atoms with Crippen LogP contribution in [0.5, 0.6) is 11.5 Å². The molecule has 2 heterocycles. The van der Waals surface area contributed by atoms with Crippen LogP contribution in [0, 0.1) is 0 Å². The predicted octanol–water partition coefficient (Wildman–Crippen LogP) is 0.587. The van der Waals surface area contributed by atoms with Gasteiger partial charge < -0.3 is 14.8 Å². The number of nitrogens with one attached hydrogen (secondary N) is 2.